The first-order chi connectivity index (χ1) is 8.70. The number of hydrogen-bond donors (Lipinski definition) is 0. The summed E-state index contributed by atoms with van der Waals surface area (Å²) in [5.41, 5.74) is 3.11. The molecule has 2 aromatic carbocycles. The molecule has 0 radical (unpaired) electrons. The van der Waals surface area contributed by atoms with Crippen LogP contribution in [0.4, 0.5) is 0 Å². The Morgan fingerprint density at radius 1 is 1.00 bits per heavy atom. The molecule has 0 aliphatic heterocycles. The van der Waals surface area contributed by atoms with Crippen LogP contribution in [0.15, 0.2) is 53.0 Å². The quantitative estimate of drug-likeness (QED) is 0.763. The molecule has 2 heteroatoms. The summed E-state index contributed by atoms with van der Waals surface area (Å²) in [5, 5.41) is 0. The van der Waals surface area contributed by atoms with Crippen molar-refractivity contribution < 1.29 is 4.79 Å². The fraction of sp³-hybridized carbons (Fsp3) is 0.188. The normalized spacial score (nSPS) is 10.3. The van der Waals surface area contributed by atoms with Gasteiger partial charge in [0.1, 0.15) is 0 Å². The van der Waals surface area contributed by atoms with Crippen LogP contribution in [-0.4, -0.2) is 5.78 Å². The average molecular weight is 303 g/mol. The first-order valence-electron chi connectivity index (χ1n) is 6.06. The van der Waals surface area contributed by atoms with Gasteiger partial charge in [-0.3, -0.25) is 4.79 Å². The Morgan fingerprint density at radius 2 is 1.61 bits per heavy atom. The minimum Gasteiger partial charge on any atom is -0.294 e. The van der Waals surface area contributed by atoms with Crippen molar-refractivity contribution in [3.8, 4) is 0 Å². The molecule has 0 N–H and O–H groups in total. The summed E-state index contributed by atoms with van der Waals surface area (Å²) in [6, 6.07) is 15.8. The molecule has 0 amide bonds. The van der Waals surface area contributed by atoms with E-state index in [1.54, 1.807) is 0 Å². The molecule has 0 fully saturated rings. The number of halogens is 1. The number of hydrogen-bond acceptors (Lipinski definition) is 1. The van der Waals surface area contributed by atoms with Gasteiger partial charge < -0.3 is 0 Å². The molecular weight excluding hydrogens is 288 g/mol. The number of Topliss-reactive ketones (excluding diaryl/α,β-unsaturated/α-hetero) is 1. The molecule has 0 aliphatic rings. The topological polar surface area (TPSA) is 17.1 Å². The number of ketones is 1. The van der Waals surface area contributed by atoms with Gasteiger partial charge in [-0.2, -0.15) is 0 Å². The van der Waals surface area contributed by atoms with Gasteiger partial charge in [-0.15, -0.1) is 0 Å². The van der Waals surface area contributed by atoms with E-state index in [1.165, 1.54) is 5.56 Å². The van der Waals surface area contributed by atoms with Gasteiger partial charge in [0.2, 0.25) is 0 Å². The van der Waals surface area contributed by atoms with Gasteiger partial charge in [-0.25, -0.2) is 0 Å². The van der Waals surface area contributed by atoms with Gasteiger partial charge in [0.05, 0.1) is 0 Å². The van der Waals surface area contributed by atoms with Gasteiger partial charge in [-0.05, 0) is 23.6 Å². The molecule has 92 valence electrons. The van der Waals surface area contributed by atoms with E-state index < -0.39 is 0 Å². The zero-order valence-electron chi connectivity index (χ0n) is 10.3. The Hall–Kier alpha value is -1.41. The molecule has 1 nitrogen and oxygen atoms in total. The van der Waals surface area contributed by atoms with Gasteiger partial charge >= 0.3 is 0 Å². The van der Waals surface area contributed by atoms with Crippen molar-refractivity contribution in [2.24, 2.45) is 0 Å². The summed E-state index contributed by atoms with van der Waals surface area (Å²) in [6.45, 7) is 2.13. The number of aryl methyl sites for hydroxylation is 1. The van der Waals surface area contributed by atoms with E-state index in [0.29, 0.717) is 6.42 Å². The summed E-state index contributed by atoms with van der Waals surface area (Å²) < 4.78 is 0.861. The number of carbonyl (C=O) groups is 1. The van der Waals surface area contributed by atoms with Gasteiger partial charge in [0, 0.05) is 16.5 Å². The van der Waals surface area contributed by atoms with E-state index in [4.69, 9.17) is 0 Å². The predicted molar refractivity (Wildman–Crippen MR) is 78.0 cm³/mol. The molecule has 2 rings (SSSR count). The molecule has 0 saturated heterocycles. The highest BCUT2D eigenvalue weighted by Crippen LogP contribution is 2.18. The molecule has 18 heavy (non-hydrogen) atoms. The van der Waals surface area contributed by atoms with Gasteiger partial charge in [-0.1, -0.05) is 65.3 Å². The standard InChI is InChI=1S/C16H15BrO/c1-2-12-7-9-13(10-8-12)11-16(18)14-5-3-4-6-15(14)17/h3-10H,2,11H2,1H3. The van der Waals surface area contributed by atoms with E-state index in [9.17, 15) is 4.79 Å². The van der Waals surface area contributed by atoms with Crippen LogP contribution >= 0.6 is 15.9 Å². The lowest BCUT2D eigenvalue weighted by Gasteiger charge is -2.04. The monoisotopic (exact) mass is 302 g/mol. The van der Waals surface area contributed by atoms with Crippen molar-refractivity contribution in [1.82, 2.24) is 0 Å². The fourth-order valence-electron chi connectivity index (χ4n) is 1.86. The summed E-state index contributed by atoms with van der Waals surface area (Å²) >= 11 is 3.41. The van der Waals surface area contributed by atoms with E-state index >= 15 is 0 Å². The largest absolute Gasteiger partial charge is 0.294 e. The smallest absolute Gasteiger partial charge is 0.168 e. The molecule has 2 aromatic rings. The maximum absolute atomic E-state index is 12.2. The van der Waals surface area contributed by atoms with Gasteiger partial charge in [0.15, 0.2) is 5.78 Å². The first kappa shape index (κ1) is 13.0. The molecule has 0 unspecified atom stereocenters. The lowest BCUT2D eigenvalue weighted by atomic mass is 10.0. The summed E-state index contributed by atoms with van der Waals surface area (Å²) in [6.07, 6.45) is 1.48. The minimum absolute atomic E-state index is 0.145. The summed E-state index contributed by atoms with van der Waals surface area (Å²) in [5.74, 6) is 0.145. The second-order valence-electron chi connectivity index (χ2n) is 4.25. The third-order valence-corrected chi connectivity index (χ3v) is 3.66. The highest BCUT2D eigenvalue weighted by Gasteiger charge is 2.09. The molecule has 0 spiro atoms. The molecule has 0 atom stereocenters. The molecule has 0 aliphatic carbocycles. The molecule has 0 heterocycles. The maximum atomic E-state index is 12.2. The van der Waals surface area contributed by atoms with Crippen LogP contribution in [0.5, 0.6) is 0 Å². The highest BCUT2D eigenvalue weighted by atomic mass is 79.9. The van der Waals surface area contributed by atoms with E-state index in [0.717, 1.165) is 22.0 Å². The predicted octanol–water partition coefficient (Wildman–Crippen LogP) is 4.44. The van der Waals surface area contributed by atoms with E-state index in [2.05, 4.69) is 35.0 Å². The third kappa shape index (κ3) is 3.08. The van der Waals surface area contributed by atoms with Crippen molar-refractivity contribution in [2.45, 2.75) is 19.8 Å². The Labute approximate surface area is 116 Å². The molecule has 0 bridgehead atoms. The second kappa shape index (κ2) is 5.96. The van der Waals surface area contributed by atoms with Crippen LogP contribution in [0, 0.1) is 0 Å². The zero-order chi connectivity index (χ0) is 13.0. The number of carbonyl (C=O) groups excluding carboxylic acids is 1. The van der Waals surface area contributed by atoms with Crippen LogP contribution in [0.3, 0.4) is 0 Å². The molecular formula is C16H15BrO. The molecule has 0 saturated carbocycles. The number of rotatable bonds is 4. The van der Waals surface area contributed by atoms with Crippen LogP contribution in [0.2, 0.25) is 0 Å². The van der Waals surface area contributed by atoms with Crippen LogP contribution < -0.4 is 0 Å². The van der Waals surface area contributed by atoms with E-state index in [1.807, 2.05) is 36.4 Å². The fourth-order valence-corrected chi connectivity index (χ4v) is 2.37. The van der Waals surface area contributed by atoms with Crippen LogP contribution in [0.25, 0.3) is 0 Å². The average Bonchev–Trinajstić information content (AvgIpc) is 2.40. The lowest BCUT2D eigenvalue weighted by Crippen LogP contribution is -2.04. The van der Waals surface area contributed by atoms with Crippen LogP contribution in [-0.2, 0) is 12.8 Å². The Kier molecular flexibility index (Phi) is 4.32. The maximum Gasteiger partial charge on any atom is 0.168 e. The third-order valence-electron chi connectivity index (χ3n) is 2.97. The summed E-state index contributed by atoms with van der Waals surface area (Å²) in [4.78, 5) is 12.2. The Balaban J connectivity index is 2.14. The van der Waals surface area contributed by atoms with Gasteiger partial charge in [0.25, 0.3) is 0 Å². The Bertz CT molecular complexity index is 543. The summed E-state index contributed by atoms with van der Waals surface area (Å²) in [7, 11) is 0. The lowest BCUT2D eigenvalue weighted by molar-refractivity contribution is 0.0992. The second-order valence-corrected chi connectivity index (χ2v) is 5.10. The van der Waals surface area contributed by atoms with Crippen molar-refractivity contribution in [1.29, 1.82) is 0 Å². The van der Waals surface area contributed by atoms with Crippen molar-refractivity contribution >= 4 is 21.7 Å². The SMILES string of the molecule is CCc1ccc(CC(=O)c2ccccc2Br)cc1. The first-order valence-corrected chi connectivity index (χ1v) is 6.85. The number of benzene rings is 2. The zero-order valence-corrected chi connectivity index (χ0v) is 11.9. The minimum atomic E-state index is 0.145. The Morgan fingerprint density at radius 3 is 2.22 bits per heavy atom. The molecule has 0 aromatic heterocycles. The van der Waals surface area contributed by atoms with Crippen molar-refractivity contribution in [3.05, 3.63) is 69.7 Å². The highest BCUT2D eigenvalue weighted by molar-refractivity contribution is 9.10. The van der Waals surface area contributed by atoms with Crippen molar-refractivity contribution in [2.75, 3.05) is 0 Å². The van der Waals surface area contributed by atoms with Crippen molar-refractivity contribution in [3.63, 3.8) is 0 Å². The van der Waals surface area contributed by atoms with E-state index in [-0.39, 0.29) is 5.78 Å². The van der Waals surface area contributed by atoms with Crippen LogP contribution in [0.1, 0.15) is 28.4 Å².